The SMILES string of the molecule is CC(C)(C)NC(=O)C1OB(O)c2ccccc21. The Hall–Kier alpha value is -1.33. The molecule has 1 unspecified atom stereocenters. The normalized spacial score (nSPS) is 19.1. The van der Waals surface area contributed by atoms with E-state index < -0.39 is 13.2 Å². The molecule has 0 radical (unpaired) electrons. The van der Waals surface area contributed by atoms with E-state index in [2.05, 4.69) is 5.32 Å². The quantitative estimate of drug-likeness (QED) is 0.688. The number of fused-ring (bicyclic) bond motifs is 1. The average Bonchev–Trinajstić information content (AvgIpc) is 2.55. The molecule has 4 nitrogen and oxygen atoms in total. The fourth-order valence-corrected chi connectivity index (χ4v) is 1.89. The van der Waals surface area contributed by atoms with Crippen molar-refractivity contribution in [2.75, 3.05) is 0 Å². The maximum Gasteiger partial charge on any atom is 0.492 e. The number of hydrogen-bond acceptors (Lipinski definition) is 3. The third-order valence-electron chi connectivity index (χ3n) is 2.55. The molecular weight excluding hydrogens is 217 g/mol. The van der Waals surface area contributed by atoms with Gasteiger partial charge < -0.3 is 15.0 Å². The number of hydrogen-bond donors (Lipinski definition) is 2. The molecule has 0 saturated heterocycles. The lowest BCUT2D eigenvalue weighted by Crippen LogP contribution is -2.43. The second-order valence-corrected chi connectivity index (χ2v) is 5.24. The van der Waals surface area contributed by atoms with E-state index in [1.54, 1.807) is 12.1 Å². The Labute approximate surface area is 101 Å². The molecule has 0 aliphatic carbocycles. The van der Waals surface area contributed by atoms with Crippen molar-refractivity contribution in [2.45, 2.75) is 32.4 Å². The Balaban J connectivity index is 2.23. The third kappa shape index (κ3) is 2.51. The summed E-state index contributed by atoms with van der Waals surface area (Å²) in [6.07, 6.45) is -0.722. The summed E-state index contributed by atoms with van der Waals surface area (Å²) in [5, 5.41) is 12.5. The van der Waals surface area contributed by atoms with Gasteiger partial charge in [-0.15, -0.1) is 0 Å². The largest absolute Gasteiger partial charge is 0.492 e. The highest BCUT2D eigenvalue weighted by molar-refractivity contribution is 6.62. The van der Waals surface area contributed by atoms with Gasteiger partial charge in [0.25, 0.3) is 5.91 Å². The molecule has 1 aliphatic rings. The Morgan fingerprint density at radius 3 is 2.71 bits per heavy atom. The Morgan fingerprint density at radius 2 is 2.06 bits per heavy atom. The molecule has 1 aliphatic heterocycles. The summed E-state index contributed by atoms with van der Waals surface area (Å²) in [6.45, 7) is 5.71. The number of benzene rings is 1. The maximum atomic E-state index is 12.0. The minimum atomic E-state index is -1.01. The first-order chi connectivity index (χ1) is 7.88. The standard InChI is InChI=1S/C12H16BNO3/c1-12(2,3)14-11(15)10-8-6-4-5-7-9(8)13(16)17-10/h4-7,10,16H,1-3H3,(H,14,15). The highest BCUT2D eigenvalue weighted by Crippen LogP contribution is 2.23. The van der Waals surface area contributed by atoms with E-state index in [0.717, 1.165) is 5.56 Å². The molecular formula is C12H16BNO3. The van der Waals surface area contributed by atoms with E-state index in [4.69, 9.17) is 4.65 Å². The van der Waals surface area contributed by atoms with Gasteiger partial charge in [-0.05, 0) is 31.8 Å². The average molecular weight is 233 g/mol. The first-order valence-corrected chi connectivity index (χ1v) is 5.63. The fraction of sp³-hybridized carbons (Fsp3) is 0.417. The summed E-state index contributed by atoms with van der Waals surface area (Å²) < 4.78 is 5.28. The molecule has 0 spiro atoms. The van der Waals surface area contributed by atoms with E-state index in [1.807, 2.05) is 32.9 Å². The molecule has 5 heteroatoms. The van der Waals surface area contributed by atoms with Crippen LogP contribution in [-0.4, -0.2) is 23.6 Å². The molecule has 0 aromatic heterocycles. The summed E-state index contributed by atoms with van der Waals surface area (Å²) in [5.41, 5.74) is 1.09. The zero-order valence-electron chi connectivity index (χ0n) is 10.2. The van der Waals surface area contributed by atoms with Crippen LogP contribution in [0.4, 0.5) is 0 Å². The molecule has 1 amide bonds. The number of nitrogens with one attached hydrogen (secondary N) is 1. The molecule has 1 atom stereocenters. The van der Waals surface area contributed by atoms with Crippen LogP contribution >= 0.6 is 0 Å². The van der Waals surface area contributed by atoms with Gasteiger partial charge in [0, 0.05) is 5.54 Å². The van der Waals surface area contributed by atoms with Crippen LogP contribution < -0.4 is 10.8 Å². The first-order valence-electron chi connectivity index (χ1n) is 5.63. The molecule has 1 aromatic rings. The second-order valence-electron chi connectivity index (χ2n) is 5.24. The maximum absolute atomic E-state index is 12.0. The summed E-state index contributed by atoms with van der Waals surface area (Å²) in [7, 11) is -1.01. The molecule has 17 heavy (non-hydrogen) atoms. The van der Waals surface area contributed by atoms with Gasteiger partial charge in [-0.1, -0.05) is 24.3 Å². The first kappa shape index (κ1) is 12.1. The predicted molar refractivity (Wildman–Crippen MR) is 65.8 cm³/mol. The molecule has 0 bridgehead atoms. The zero-order chi connectivity index (χ0) is 12.6. The van der Waals surface area contributed by atoms with Gasteiger partial charge in [0.1, 0.15) is 6.10 Å². The van der Waals surface area contributed by atoms with E-state index in [0.29, 0.717) is 5.46 Å². The van der Waals surface area contributed by atoms with Gasteiger partial charge in [-0.25, -0.2) is 0 Å². The monoisotopic (exact) mass is 233 g/mol. The highest BCUT2D eigenvalue weighted by atomic mass is 16.5. The Kier molecular flexibility index (Phi) is 2.97. The van der Waals surface area contributed by atoms with Crippen molar-refractivity contribution in [3.05, 3.63) is 29.8 Å². The molecule has 90 valence electrons. The van der Waals surface area contributed by atoms with Crippen molar-refractivity contribution in [3.8, 4) is 0 Å². The lowest BCUT2D eigenvalue weighted by molar-refractivity contribution is -0.129. The van der Waals surface area contributed by atoms with Crippen LogP contribution in [0.15, 0.2) is 24.3 Å². The minimum absolute atomic E-state index is 0.221. The lowest BCUT2D eigenvalue weighted by Gasteiger charge is -2.23. The van der Waals surface area contributed by atoms with E-state index >= 15 is 0 Å². The third-order valence-corrected chi connectivity index (χ3v) is 2.55. The van der Waals surface area contributed by atoms with Crippen LogP contribution in [-0.2, 0) is 9.45 Å². The summed E-state index contributed by atoms with van der Waals surface area (Å²) in [6, 6.07) is 7.22. The van der Waals surface area contributed by atoms with Crippen molar-refractivity contribution in [1.29, 1.82) is 0 Å². The Bertz CT molecular complexity index is 442. The number of carbonyl (C=O) groups is 1. The van der Waals surface area contributed by atoms with Crippen LogP contribution in [0.2, 0.25) is 0 Å². The second kappa shape index (κ2) is 4.16. The molecule has 1 heterocycles. The highest BCUT2D eigenvalue weighted by Gasteiger charge is 2.39. The van der Waals surface area contributed by atoms with Crippen LogP contribution in [0.5, 0.6) is 0 Å². The van der Waals surface area contributed by atoms with Crippen molar-refractivity contribution < 1.29 is 14.5 Å². The topological polar surface area (TPSA) is 58.6 Å². The van der Waals surface area contributed by atoms with Crippen molar-refractivity contribution in [3.63, 3.8) is 0 Å². The van der Waals surface area contributed by atoms with Gasteiger partial charge >= 0.3 is 7.12 Å². The predicted octanol–water partition coefficient (Wildman–Crippen LogP) is 0.360. The zero-order valence-corrected chi connectivity index (χ0v) is 10.2. The molecule has 2 rings (SSSR count). The smallest absolute Gasteiger partial charge is 0.423 e. The van der Waals surface area contributed by atoms with Crippen LogP contribution in [0, 0.1) is 0 Å². The summed E-state index contributed by atoms with van der Waals surface area (Å²) in [4.78, 5) is 12.0. The number of rotatable bonds is 1. The van der Waals surface area contributed by atoms with Crippen LogP contribution in [0.3, 0.4) is 0 Å². The van der Waals surface area contributed by atoms with Crippen molar-refractivity contribution >= 4 is 18.5 Å². The summed E-state index contributed by atoms with van der Waals surface area (Å²) in [5.74, 6) is -0.221. The molecule has 2 N–H and O–H groups in total. The molecule has 1 aromatic carbocycles. The fourth-order valence-electron chi connectivity index (χ4n) is 1.89. The van der Waals surface area contributed by atoms with Crippen molar-refractivity contribution in [2.24, 2.45) is 0 Å². The van der Waals surface area contributed by atoms with Crippen LogP contribution in [0.1, 0.15) is 32.4 Å². The molecule has 0 saturated carbocycles. The van der Waals surface area contributed by atoms with E-state index in [9.17, 15) is 9.82 Å². The van der Waals surface area contributed by atoms with Crippen LogP contribution in [0.25, 0.3) is 0 Å². The van der Waals surface area contributed by atoms with Gasteiger partial charge in [-0.3, -0.25) is 4.79 Å². The molecule has 0 fully saturated rings. The lowest BCUT2D eigenvalue weighted by atomic mass is 9.79. The van der Waals surface area contributed by atoms with Gasteiger partial charge in [0.2, 0.25) is 0 Å². The van der Waals surface area contributed by atoms with Gasteiger partial charge in [0.15, 0.2) is 0 Å². The van der Waals surface area contributed by atoms with E-state index in [1.165, 1.54) is 0 Å². The number of amides is 1. The van der Waals surface area contributed by atoms with Gasteiger partial charge in [-0.2, -0.15) is 0 Å². The minimum Gasteiger partial charge on any atom is -0.423 e. The number of carbonyl (C=O) groups excluding carboxylic acids is 1. The summed E-state index contributed by atoms with van der Waals surface area (Å²) >= 11 is 0. The van der Waals surface area contributed by atoms with Gasteiger partial charge in [0.05, 0.1) is 0 Å². The van der Waals surface area contributed by atoms with Crippen molar-refractivity contribution in [1.82, 2.24) is 5.32 Å². The Morgan fingerprint density at radius 1 is 1.41 bits per heavy atom. The van der Waals surface area contributed by atoms with E-state index in [-0.39, 0.29) is 11.4 Å².